The molecule has 0 heterocycles. The van der Waals surface area contributed by atoms with Gasteiger partial charge in [0.2, 0.25) is 5.91 Å². The molecule has 1 aromatic rings. The van der Waals surface area contributed by atoms with Crippen LogP contribution in [0.25, 0.3) is 0 Å². The van der Waals surface area contributed by atoms with Crippen LogP contribution in [-0.2, 0) is 4.79 Å². The Morgan fingerprint density at radius 1 is 1.21 bits per heavy atom. The van der Waals surface area contributed by atoms with E-state index in [1.807, 2.05) is 18.2 Å². The number of benzene rings is 1. The van der Waals surface area contributed by atoms with Gasteiger partial charge in [0.05, 0.1) is 0 Å². The number of rotatable bonds is 4. The summed E-state index contributed by atoms with van der Waals surface area (Å²) < 4.78 is 0. The number of amides is 1. The van der Waals surface area contributed by atoms with Gasteiger partial charge in [-0.3, -0.25) is 4.79 Å². The van der Waals surface area contributed by atoms with Crippen molar-refractivity contribution in [1.82, 2.24) is 0 Å². The second-order valence-corrected chi connectivity index (χ2v) is 6.00. The smallest absolute Gasteiger partial charge is 0.224 e. The SMILES string of the molecule is CC(C)c1ccccc1NC(=O)CC1CCCCC1. The van der Waals surface area contributed by atoms with Gasteiger partial charge in [0.15, 0.2) is 0 Å². The van der Waals surface area contributed by atoms with E-state index in [0.717, 1.165) is 5.69 Å². The lowest BCUT2D eigenvalue weighted by Gasteiger charge is -2.21. The van der Waals surface area contributed by atoms with Crippen LogP contribution in [0.15, 0.2) is 24.3 Å². The number of carbonyl (C=O) groups excluding carboxylic acids is 1. The van der Waals surface area contributed by atoms with Crippen molar-refractivity contribution in [1.29, 1.82) is 0 Å². The van der Waals surface area contributed by atoms with Gasteiger partial charge >= 0.3 is 0 Å². The molecule has 1 saturated carbocycles. The van der Waals surface area contributed by atoms with Crippen LogP contribution in [0.3, 0.4) is 0 Å². The predicted octanol–water partition coefficient (Wildman–Crippen LogP) is 4.72. The first-order valence-electron chi connectivity index (χ1n) is 7.55. The summed E-state index contributed by atoms with van der Waals surface area (Å²) in [7, 11) is 0. The first kappa shape index (κ1) is 14.1. The van der Waals surface area contributed by atoms with Gasteiger partial charge in [-0.2, -0.15) is 0 Å². The number of anilines is 1. The highest BCUT2D eigenvalue weighted by Crippen LogP contribution is 2.28. The quantitative estimate of drug-likeness (QED) is 0.833. The fourth-order valence-electron chi connectivity index (χ4n) is 2.97. The van der Waals surface area contributed by atoms with Gasteiger partial charge in [-0.1, -0.05) is 51.3 Å². The highest BCUT2D eigenvalue weighted by atomic mass is 16.1. The Labute approximate surface area is 116 Å². The number of para-hydroxylation sites is 1. The fourth-order valence-corrected chi connectivity index (χ4v) is 2.97. The molecular formula is C17H25NO. The first-order chi connectivity index (χ1) is 9.16. The fraction of sp³-hybridized carbons (Fsp3) is 0.588. The molecule has 1 aliphatic carbocycles. The van der Waals surface area contributed by atoms with E-state index in [4.69, 9.17) is 0 Å². The third kappa shape index (κ3) is 4.09. The molecule has 2 heteroatoms. The second-order valence-electron chi connectivity index (χ2n) is 6.00. The molecule has 0 radical (unpaired) electrons. The summed E-state index contributed by atoms with van der Waals surface area (Å²) in [5, 5.41) is 3.10. The normalized spacial score (nSPS) is 16.6. The molecule has 0 unspecified atom stereocenters. The number of hydrogen-bond acceptors (Lipinski definition) is 1. The lowest BCUT2D eigenvalue weighted by atomic mass is 9.87. The maximum absolute atomic E-state index is 12.1. The average Bonchev–Trinajstić information content (AvgIpc) is 2.40. The van der Waals surface area contributed by atoms with Gasteiger partial charge in [0.1, 0.15) is 0 Å². The Bertz CT molecular complexity index is 419. The molecule has 104 valence electrons. The van der Waals surface area contributed by atoms with Crippen molar-refractivity contribution in [2.75, 3.05) is 5.32 Å². The second kappa shape index (κ2) is 6.74. The summed E-state index contributed by atoms with van der Waals surface area (Å²) in [6.07, 6.45) is 7.06. The highest BCUT2D eigenvalue weighted by molar-refractivity contribution is 5.91. The zero-order valence-electron chi connectivity index (χ0n) is 12.1. The molecule has 19 heavy (non-hydrogen) atoms. The molecule has 2 nitrogen and oxygen atoms in total. The summed E-state index contributed by atoms with van der Waals surface area (Å²) in [5.41, 5.74) is 2.21. The summed E-state index contributed by atoms with van der Waals surface area (Å²) in [6, 6.07) is 8.13. The van der Waals surface area contributed by atoms with Crippen LogP contribution in [-0.4, -0.2) is 5.91 Å². The molecule has 1 fully saturated rings. The first-order valence-corrected chi connectivity index (χ1v) is 7.55. The standard InChI is InChI=1S/C17H25NO/c1-13(2)15-10-6-7-11-16(15)18-17(19)12-14-8-4-3-5-9-14/h6-7,10-11,13-14H,3-5,8-9,12H2,1-2H3,(H,18,19). The van der Waals surface area contributed by atoms with Gasteiger partial charge in [0, 0.05) is 12.1 Å². The van der Waals surface area contributed by atoms with E-state index in [2.05, 4.69) is 25.2 Å². The van der Waals surface area contributed by atoms with E-state index < -0.39 is 0 Å². The molecule has 0 atom stereocenters. The highest BCUT2D eigenvalue weighted by Gasteiger charge is 2.17. The van der Waals surface area contributed by atoms with Crippen LogP contribution in [0, 0.1) is 5.92 Å². The maximum Gasteiger partial charge on any atom is 0.224 e. The van der Waals surface area contributed by atoms with Crippen LogP contribution in [0.4, 0.5) is 5.69 Å². The number of nitrogens with one attached hydrogen (secondary N) is 1. The molecule has 0 saturated heterocycles. The summed E-state index contributed by atoms with van der Waals surface area (Å²) in [6.45, 7) is 4.32. The topological polar surface area (TPSA) is 29.1 Å². The summed E-state index contributed by atoms with van der Waals surface area (Å²) in [4.78, 5) is 12.1. The average molecular weight is 259 g/mol. The van der Waals surface area contributed by atoms with Crippen molar-refractivity contribution in [3.8, 4) is 0 Å². The molecule has 1 amide bonds. The molecule has 0 spiro atoms. The zero-order chi connectivity index (χ0) is 13.7. The van der Waals surface area contributed by atoms with Crippen molar-refractivity contribution in [3.63, 3.8) is 0 Å². The minimum atomic E-state index is 0.181. The molecule has 1 N–H and O–H groups in total. The third-order valence-corrected chi connectivity index (χ3v) is 4.06. The van der Waals surface area contributed by atoms with Crippen molar-refractivity contribution in [3.05, 3.63) is 29.8 Å². The third-order valence-electron chi connectivity index (χ3n) is 4.06. The minimum absolute atomic E-state index is 0.181. The van der Waals surface area contributed by atoms with Crippen LogP contribution >= 0.6 is 0 Å². The molecule has 0 bridgehead atoms. The Balaban J connectivity index is 1.94. The van der Waals surface area contributed by atoms with E-state index in [0.29, 0.717) is 18.3 Å². The molecule has 2 rings (SSSR count). The number of carbonyl (C=O) groups is 1. The van der Waals surface area contributed by atoms with E-state index in [1.54, 1.807) is 0 Å². The van der Waals surface area contributed by atoms with Crippen molar-refractivity contribution >= 4 is 11.6 Å². The molecule has 0 aliphatic heterocycles. The predicted molar refractivity (Wildman–Crippen MR) is 80.4 cm³/mol. The van der Waals surface area contributed by atoms with Crippen LogP contribution < -0.4 is 5.32 Å². The van der Waals surface area contributed by atoms with Crippen molar-refractivity contribution in [2.45, 2.75) is 58.3 Å². The zero-order valence-corrected chi connectivity index (χ0v) is 12.1. The van der Waals surface area contributed by atoms with Gasteiger partial charge < -0.3 is 5.32 Å². The van der Waals surface area contributed by atoms with Gasteiger partial charge in [-0.15, -0.1) is 0 Å². The lowest BCUT2D eigenvalue weighted by Crippen LogP contribution is -2.19. The maximum atomic E-state index is 12.1. The molecule has 1 aromatic carbocycles. The Morgan fingerprint density at radius 2 is 1.89 bits per heavy atom. The van der Waals surface area contributed by atoms with Gasteiger partial charge in [-0.25, -0.2) is 0 Å². The van der Waals surface area contributed by atoms with Crippen LogP contribution in [0.5, 0.6) is 0 Å². The Morgan fingerprint density at radius 3 is 2.58 bits per heavy atom. The van der Waals surface area contributed by atoms with E-state index in [1.165, 1.54) is 37.7 Å². The monoisotopic (exact) mass is 259 g/mol. The Hall–Kier alpha value is -1.31. The minimum Gasteiger partial charge on any atom is -0.326 e. The Kier molecular flexibility index (Phi) is 5.00. The van der Waals surface area contributed by atoms with Gasteiger partial charge in [0.25, 0.3) is 0 Å². The van der Waals surface area contributed by atoms with Crippen molar-refractivity contribution in [2.24, 2.45) is 5.92 Å². The van der Waals surface area contributed by atoms with Crippen LogP contribution in [0.1, 0.15) is 63.9 Å². The molecule has 0 aromatic heterocycles. The van der Waals surface area contributed by atoms with E-state index in [-0.39, 0.29) is 5.91 Å². The lowest BCUT2D eigenvalue weighted by molar-refractivity contribution is -0.117. The summed E-state index contributed by atoms with van der Waals surface area (Å²) in [5.74, 6) is 1.21. The summed E-state index contributed by atoms with van der Waals surface area (Å²) >= 11 is 0. The largest absolute Gasteiger partial charge is 0.326 e. The van der Waals surface area contributed by atoms with E-state index >= 15 is 0 Å². The van der Waals surface area contributed by atoms with E-state index in [9.17, 15) is 4.79 Å². The number of hydrogen-bond donors (Lipinski definition) is 1. The van der Waals surface area contributed by atoms with Crippen molar-refractivity contribution < 1.29 is 4.79 Å². The van der Waals surface area contributed by atoms with Gasteiger partial charge in [-0.05, 0) is 36.3 Å². The van der Waals surface area contributed by atoms with Crippen LogP contribution in [0.2, 0.25) is 0 Å². The molecular weight excluding hydrogens is 234 g/mol. The molecule has 1 aliphatic rings.